The lowest BCUT2D eigenvalue weighted by Crippen LogP contribution is -2.10. The van der Waals surface area contributed by atoms with Crippen molar-refractivity contribution in [1.29, 1.82) is 5.41 Å². The van der Waals surface area contributed by atoms with Crippen molar-refractivity contribution < 1.29 is 0 Å². The van der Waals surface area contributed by atoms with E-state index in [1.165, 1.54) is 19.3 Å². The van der Waals surface area contributed by atoms with Crippen molar-refractivity contribution in [1.82, 2.24) is 0 Å². The Morgan fingerprint density at radius 3 is 2.55 bits per heavy atom. The smallest absolute Gasteiger partial charge is 0.0365 e. The van der Waals surface area contributed by atoms with Crippen LogP contribution in [0.2, 0.25) is 0 Å². The summed E-state index contributed by atoms with van der Waals surface area (Å²) < 4.78 is 0. The topological polar surface area (TPSA) is 23.9 Å². The monoisotopic (exact) mass is 151 g/mol. The first-order valence-corrected chi connectivity index (χ1v) is 4.35. The zero-order valence-corrected chi connectivity index (χ0v) is 7.48. The van der Waals surface area contributed by atoms with Crippen molar-refractivity contribution in [2.24, 2.45) is 11.8 Å². The maximum atomic E-state index is 7.67. The van der Waals surface area contributed by atoms with Gasteiger partial charge in [0, 0.05) is 5.71 Å². The van der Waals surface area contributed by atoms with E-state index < -0.39 is 0 Å². The molecule has 1 rings (SSSR count). The summed E-state index contributed by atoms with van der Waals surface area (Å²) in [6, 6.07) is 0. The van der Waals surface area contributed by atoms with E-state index >= 15 is 0 Å². The molecule has 1 aliphatic rings. The Balaban J connectivity index is 2.32. The first-order valence-electron chi connectivity index (χ1n) is 4.35. The second-order valence-corrected chi connectivity index (χ2v) is 3.77. The zero-order chi connectivity index (χ0) is 8.43. The average molecular weight is 151 g/mol. The Hall–Kier alpha value is -0.590. The molecule has 1 atom stereocenters. The van der Waals surface area contributed by atoms with Gasteiger partial charge < -0.3 is 5.41 Å². The van der Waals surface area contributed by atoms with Crippen LogP contribution in [0.5, 0.6) is 0 Å². The summed E-state index contributed by atoms with van der Waals surface area (Å²) in [5.41, 5.74) is 1.68. The van der Waals surface area contributed by atoms with Gasteiger partial charge >= 0.3 is 0 Å². The van der Waals surface area contributed by atoms with Crippen molar-refractivity contribution in [3.8, 4) is 0 Å². The maximum absolute atomic E-state index is 7.67. The highest BCUT2D eigenvalue weighted by Crippen LogP contribution is 2.35. The van der Waals surface area contributed by atoms with Gasteiger partial charge in [0.25, 0.3) is 0 Å². The van der Waals surface area contributed by atoms with Crippen molar-refractivity contribution in [3.05, 3.63) is 12.2 Å². The number of hydrogen-bond acceptors (Lipinski definition) is 1. The third-order valence-electron chi connectivity index (χ3n) is 2.34. The molecule has 1 nitrogen and oxygen atoms in total. The molecule has 0 amide bonds. The molecule has 0 heterocycles. The molecule has 11 heavy (non-hydrogen) atoms. The maximum Gasteiger partial charge on any atom is 0.0365 e. The van der Waals surface area contributed by atoms with E-state index in [9.17, 15) is 0 Å². The fraction of sp³-hybridized carbons (Fsp3) is 0.700. The van der Waals surface area contributed by atoms with Crippen molar-refractivity contribution in [3.63, 3.8) is 0 Å². The minimum Gasteiger partial charge on any atom is -0.305 e. The normalized spacial score (nSPS) is 19.5. The summed E-state index contributed by atoms with van der Waals surface area (Å²) in [6.45, 7) is 7.84. The van der Waals surface area contributed by atoms with Crippen LogP contribution in [-0.2, 0) is 0 Å². The molecule has 1 heteroatoms. The van der Waals surface area contributed by atoms with E-state index in [1.54, 1.807) is 0 Å². The van der Waals surface area contributed by atoms with Gasteiger partial charge in [-0.25, -0.2) is 0 Å². The van der Waals surface area contributed by atoms with Crippen LogP contribution >= 0.6 is 0 Å². The zero-order valence-electron chi connectivity index (χ0n) is 7.48. The van der Waals surface area contributed by atoms with E-state index in [-0.39, 0.29) is 0 Å². The van der Waals surface area contributed by atoms with Crippen molar-refractivity contribution >= 4 is 5.71 Å². The molecular weight excluding hydrogens is 134 g/mol. The third kappa shape index (κ3) is 2.49. The molecule has 0 unspecified atom stereocenters. The third-order valence-corrected chi connectivity index (χ3v) is 2.34. The van der Waals surface area contributed by atoms with Crippen molar-refractivity contribution in [2.75, 3.05) is 0 Å². The minimum absolute atomic E-state index is 0.431. The SMILES string of the molecule is C=C(C)C(=N)[C@@H](C)CC1CC1. The second-order valence-electron chi connectivity index (χ2n) is 3.77. The van der Waals surface area contributed by atoms with Crippen LogP contribution in [0.25, 0.3) is 0 Å². The first kappa shape index (κ1) is 8.51. The summed E-state index contributed by atoms with van der Waals surface area (Å²) >= 11 is 0. The highest BCUT2D eigenvalue weighted by atomic mass is 14.5. The Kier molecular flexibility index (Phi) is 2.48. The fourth-order valence-electron chi connectivity index (χ4n) is 1.39. The number of rotatable bonds is 4. The van der Waals surface area contributed by atoms with Crippen LogP contribution in [0.4, 0.5) is 0 Å². The summed E-state index contributed by atoms with van der Waals surface area (Å²) in [5.74, 6) is 1.35. The molecule has 0 spiro atoms. The Bertz CT molecular complexity index is 177. The van der Waals surface area contributed by atoms with E-state index in [0.29, 0.717) is 5.92 Å². The standard InChI is InChI=1S/C10H17N/c1-7(2)10(11)8(3)6-9-4-5-9/h8-9,11H,1,4-6H2,2-3H3/t8-/m0/s1. The highest BCUT2D eigenvalue weighted by Gasteiger charge is 2.25. The van der Waals surface area contributed by atoms with Crippen molar-refractivity contribution in [2.45, 2.75) is 33.1 Å². The molecule has 1 aliphatic carbocycles. The second kappa shape index (κ2) is 3.21. The average Bonchev–Trinajstić information content (AvgIpc) is 2.69. The predicted octanol–water partition coefficient (Wildman–Crippen LogP) is 3.02. The molecule has 62 valence electrons. The van der Waals surface area contributed by atoms with Gasteiger partial charge in [-0.05, 0) is 30.8 Å². The molecule has 0 aromatic heterocycles. The largest absolute Gasteiger partial charge is 0.305 e. The van der Waals surface area contributed by atoms with E-state index in [0.717, 1.165) is 17.2 Å². The van der Waals surface area contributed by atoms with Crippen LogP contribution in [-0.4, -0.2) is 5.71 Å². The van der Waals surface area contributed by atoms with Gasteiger partial charge in [-0.15, -0.1) is 0 Å². The number of nitrogens with one attached hydrogen (secondary N) is 1. The fourth-order valence-corrected chi connectivity index (χ4v) is 1.39. The molecule has 1 fully saturated rings. The lowest BCUT2D eigenvalue weighted by molar-refractivity contribution is 0.617. The molecule has 0 saturated heterocycles. The first-order chi connectivity index (χ1) is 5.11. The quantitative estimate of drug-likeness (QED) is 0.597. The summed E-state index contributed by atoms with van der Waals surface area (Å²) in [5, 5.41) is 7.67. The minimum atomic E-state index is 0.431. The highest BCUT2D eigenvalue weighted by molar-refractivity contribution is 5.98. The van der Waals surface area contributed by atoms with Crippen LogP contribution in [0, 0.1) is 17.2 Å². The van der Waals surface area contributed by atoms with E-state index in [2.05, 4.69) is 13.5 Å². The van der Waals surface area contributed by atoms with Gasteiger partial charge in [0.2, 0.25) is 0 Å². The molecule has 0 aromatic rings. The van der Waals surface area contributed by atoms with E-state index in [1.807, 2.05) is 6.92 Å². The molecule has 1 saturated carbocycles. The summed E-state index contributed by atoms with van der Waals surface area (Å²) in [6.07, 6.45) is 3.97. The van der Waals surface area contributed by atoms with Gasteiger partial charge in [-0.2, -0.15) is 0 Å². The van der Waals surface area contributed by atoms with Crippen LogP contribution in [0.15, 0.2) is 12.2 Å². The van der Waals surface area contributed by atoms with Crippen LogP contribution in [0.3, 0.4) is 0 Å². The number of allylic oxidation sites excluding steroid dienone is 1. The lowest BCUT2D eigenvalue weighted by Gasteiger charge is -2.11. The van der Waals surface area contributed by atoms with Gasteiger partial charge in [0.15, 0.2) is 0 Å². The molecule has 1 N–H and O–H groups in total. The van der Waals surface area contributed by atoms with Crippen LogP contribution < -0.4 is 0 Å². The molecular formula is C10H17N. The molecule has 0 radical (unpaired) electrons. The summed E-state index contributed by atoms with van der Waals surface area (Å²) in [4.78, 5) is 0. The van der Waals surface area contributed by atoms with Gasteiger partial charge in [-0.3, -0.25) is 0 Å². The van der Waals surface area contributed by atoms with Gasteiger partial charge in [0.05, 0.1) is 0 Å². The number of hydrogen-bond donors (Lipinski definition) is 1. The van der Waals surface area contributed by atoms with Gasteiger partial charge in [0.1, 0.15) is 0 Å². The lowest BCUT2D eigenvalue weighted by atomic mass is 9.95. The van der Waals surface area contributed by atoms with Gasteiger partial charge in [-0.1, -0.05) is 26.3 Å². The summed E-state index contributed by atoms with van der Waals surface area (Å²) in [7, 11) is 0. The Labute approximate surface area is 69.0 Å². The Morgan fingerprint density at radius 1 is 1.64 bits per heavy atom. The molecule has 0 aromatic carbocycles. The Morgan fingerprint density at radius 2 is 2.18 bits per heavy atom. The van der Waals surface area contributed by atoms with E-state index in [4.69, 9.17) is 5.41 Å². The van der Waals surface area contributed by atoms with Crippen LogP contribution in [0.1, 0.15) is 33.1 Å². The molecule has 0 bridgehead atoms. The molecule has 0 aliphatic heterocycles. The predicted molar refractivity (Wildman–Crippen MR) is 49.0 cm³/mol.